The van der Waals surface area contributed by atoms with Gasteiger partial charge in [0.15, 0.2) is 0 Å². The maximum Gasteiger partial charge on any atom is 0.274 e. The van der Waals surface area contributed by atoms with Crippen molar-refractivity contribution >= 4 is 17.3 Å². The molecule has 4 rings (SSSR count). The number of rotatable bonds is 4. The van der Waals surface area contributed by atoms with Gasteiger partial charge in [0.05, 0.1) is 17.6 Å². The Balaban J connectivity index is 1.51. The lowest BCUT2D eigenvalue weighted by Crippen LogP contribution is -2.43. The van der Waals surface area contributed by atoms with E-state index in [1.807, 2.05) is 12.1 Å². The second-order valence-corrected chi connectivity index (χ2v) is 7.98. The highest BCUT2D eigenvalue weighted by Gasteiger charge is 2.21. The highest BCUT2D eigenvalue weighted by atomic mass is 16.1. The van der Waals surface area contributed by atoms with Gasteiger partial charge in [0.25, 0.3) is 5.91 Å². The van der Waals surface area contributed by atoms with Gasteiger partial charge in [-0.2, -0.15) is 0 Å². The number of nitrogens with zero attached hydrogens (tertiary/aromatic N) is 3. The van der Waals surface area contributed by atoms with E-state index in [0.717, 1.165) is 37.3 Å². The first kappa shape index (κ1) is 18.9. The lowest BCUT2D eigenvalue weighted by atomic mass is 9.86. The number of aromatic nitrogens is 2. The van der Waals surface area contributed by atoms with Crippen LogP contribution in [0.4, 0.5) is 11.4 Å². The molecule has 1 atom stereocenters. The van der Waals surface area contributed by atoms with E-state index in [-0.39, 0.29) is 11.9 Å². The van der Waals surface area contributed by atoms with Crippen LogP contribution in [0.1, 0.15) is 67.0 Å². The Hall–Kier alpha value is -2.47. The van der Waals surface area contributed by atoms with E-state index >= 15 is 0 Å². The van der Waals surface area contributed by atoms with E-state index < -0.39 is 0 Å². The fourth-order valence-electron chi connectivity index (χ4n) is 4.38. The second-order valence-electron chi connectivity index (χ2n) is 7.98. The van der Waals surface area contributed by atoms with Crippen molar-refractivity contribution in [3.8, 4) is 0 Å². The lowest BCUT2D eigenvalue weighted by Gasteiger charge is -2.33. The largest absolute Gasteiger partial charge is 0.368 e. The van der Waals surface area contributed by atoms with Crippen molar-refractivity contribution in [2.24, 2.45) is 5.73 Å². The van der Waals surface area contributed by atoms with Crippen molar-refractivity contribution < 1.29 is 4.79 Å². The maximum absolute atomic E-state index is 12.9. The Morgan fingerprint density at radius 2 is 1.96 bits per heavy atom. The van der Waals surface area contributed by atoms with Gasteiger partial charge in [0.2, 0.25) is 0 Å². The van der Waals surface area contributed by atoms with Crippen LogP contribution in [0.25, 0.3) is 0 Å². The van der Waals surface area contributed by atoms with Crippen LogP contribution < -0.4 is 16.0 Å². The average Bonchev–Trinajstić information content (AvgIpc) is 2.75. The average molecular weight is 380 g/mol. The highest BCUT2D eigenvalue weighted by Crippen LogP contribution is 2.32. The molecule has 28 heavy (non-hydrogen) atoms. The summed E-state index contributed by atoms with van der Waals surface area (Å²) in [5.74, 6) is 0.290. The summed E-state index contributed by atoms with van der Waals surface area (Å²) >= 11 is 0. The highest BCUT2D eigenvalue weighted by molar-refractivity contribution is 6.04. The SMILES string of the molecule is NC1CCCN(c2ccncc2NC(=O)c2cccc(C3CCCCC3)n2)C1. The van der Waals surface area contributed by atoms with Crippen LogP contribution in [0.5, 0.6) is 0 Å². The van der Waals surface area contributed by atoms with Gasteiger partial charge in [0, 0.05) is 36.9 Å². The third-order valence-electron chi connectivity index (χ3n) is 5.87. The van der Waals surface area contributed by atoms with Gasteiger partial charge >= 0.3 is 0 Å². The van der Waals surface area contributed by atoms with Crippen molar-refractivity contribution in [1.29, 1.82) is 0 Å². The molecule has 0 radical (unpaired) electrons. The predicted octanol–water partition coefficient (Wildman–Crippen LogP) is 3.70. The molecule has 0 bridgehead atoms. The molecule has 6 heteroatoms. The molecule has 0 spiro atoms. The third-order valence-corrected chi connectivity index (χ3v) is 5.87. The molecule has 1 saturated carbocycles. The van der Waals surface area contributed by atoms with E-state index in [1.165, 1.54) is 32.1 Å². The van der Waals surface area contributed by atoms with Gasteiger partial charge in [-0.25, -0.2) is 4.98 Å². The molecule has 2 fully saturated rings. The summed E-state index contributed by atoms with van der Waals surface area (Å²) < 4.78 is 0. The van der Waals surface area contributed by atoms with Gasteiger partial charge in [-0.1, -0.05) is 25.3 Å². The molecule has 2 aromatic rings. The number of hydrogen-bond donors (Lipinski definition) is 2. The number of nitrogens with two attached hydrogens (primary N) is 1. The van der Waals surface area contributed by atoms with Gasteiger partial charge in [-0.3, -0.25) is 9.78 Å². The van der Waals surface area contributed by atoms with E-state index in [1.54, 1.807) is 18.5 Å². The van der Waals surface area contributed by atoms with Crippen LogP contribution in [0.2, 0.25) is 0 Å². The summed E-state index contributed by atoms with van der Waals surface area (Å²) in [6.07, 6.45) is 11.7. The number of pyridine rings is 2. The fourth-order valence-corrected chi connectivity index (χ4v) is 4.38. The van der Waals surface area contributed by atoms with Gasteiger partial charge < -0.3 is 16.0 Å². The summed E-state index contributed by atoms with van der Waals surface area (Å²) in [4.78, 5) is 24.0. The van der Waals surface area contributed by atoms with Crippen LogP contribution >= 0.6 is 0 Å². The van der Waals surface area contributed by atoms with Crippen molar-refractivity contribution in [1.82, 2.24) is 9.97 Å². The van der Waals surface area contributed by atoms with Crippen LogP contribution in [-0.2, 0) is 0 Å². The van der Waals surface area contributed by atoms with Crippen LogP contribution in [0, 0.1) is 0 Å². The van der Waals surface area contributed by atoms with Crippen molar-refractivity contribution in [3.63, 3.8) is 0 Å². The number of amides is 1. The van der Waals surface area contributed by atoms with Gasteiger partial charge in [-0.15, -0.1) is 0 Å². The molecule has 1 aliphatic carbocycles. The van der Waals surface area contributed by atoms with E-state index in [4.69, 9.17) is 5.73 Å². The minimum absolute atomic E-state index is 0.166. The Morgan fingerprint density at radius 3 is 2.79 bits per heavy atom. The summed E-state index contributed by atoms with van der Waals surface area (Å²) in [6.45, 7) is 1.73. The number of nitrogens with one attached hydrogen (secondary N) is 1. The monoisotopic (exact) mass is 379 g/mol. The first-order valence-electron chi connectivity index (χ1n) is 10.4. The molecule has 3 heterocycles. The van der Waals surface area contributed by atoms with Crippen molar-refractivity contribution in [2.45, 2.75) is 56.9 Å². The van der Waals surface area contributed by atoms with Gasteiger partial charge in [-0.05, 0) is 43.9 Å². The first-order valence-corrected chi connectivity index (χ1v) is 10.4. The minimum atomic E-state index is -0.187. The van der Waals surface area contributed by atoms with Crippen LogP contribution in [0.15, 0.2) is 36.7 Å². The quantitative estimate of drug-likeness (QED) is 0.846. The van der Waals surface area contributed by atoms with E-state index in [0.29, 0.717) is 17.3 Å². The molecule has 1 saturated heterocycles. The molecular formula is C22H29N5O. The molecule has 1 unspecified atom stereocenters. The Labute approximate surface area is 166 Å². The third kappa shape index (κ3) is 4.33. The van der Waals surface area contributed by atoms with Crippen LogP contribution in [0.3, 0.4) is 0 Å². The standard InChI is InChI=1S/C22H29N5O/c23-17-8-5-13-27(15-17)21-11-12-24-14-20(21)26-22(28)19-10-4-9-18(25-19)16-6-2-1-3-7-16/h4,9-12,14,16-17H,1-3,5-8,13,15,23H2,(H,26,28). The molecule has 3 N–H and O–H groups in total. The zero-order valence-electron chi connectivity index (χ0n) is 16.3. The number of piperidine rings is 1. The zero-order chi connectivity index (χ0) is 19.3. The van der Waals surface area contributed by atoms with Crippen molar-refractivity contribution in [3.05, 3.63) is 48.0 Å². The van der Waals surface area contributed by atoms with E-state index in [2.05, 4.69) is 26.3 Å². The Bertz CT molecular complexity index is 818. The minimum Gasteiger partial charge on any atom is -0.368 e. The second kappa shape index (κ2) is 8.69. The smallest absolute Gasteiger partial charge is 0.274 e. The van der Waals surface area contributed by atoms with Gasteiger partial charge in [0.1, 0.15) is 5.69 Å². The molecule has 1 aliphatic heterocycles. The normalized spacial score (nSPS) is 20.8. The number of anilines is 2. The fraction of sp³-hybridized carbons (Fsp3) is 0.500. The molecule has 2 aromatic heterocycles. The summed E-state index contributed by atoms with van der Waals surface area (Å²) in [5.41, 5.74) is 9.33. The summed E-state index contributed by atoms with van der Waals surface area (Å²) in [5, 5.41) is 3.02. The molecule has 0 aromatic carbocycles. The maximum atomic E-state index is 12.9. The Kier molecular flexibility index (Phi) is 5.86. The summed E-state index contributed by atoms with van der Waals surface area (Å²) in [7, 11) is 0. The number of carbonyl (C=O) groups is 1. The molecule has 148 valence electrons. The first-order chi connectivity index (χ1) is 13.7. The van der Waals surface area contributed by atoms with E-state index in [9.17, 15) is 4.79 Å². The zero-order valence-corrected chi connectivity index (χ0v) is 16.3. The van der Waals surface area contributed by atoms with Crippen molar-refractivity contribution in [2.75, 3.05) is 23.3 Å². The molecular weight excluding hydrogens is 350 g/mol. The number of hydrogen-bond acceptors (Lipinski definition) is 5. The molecule has 1 amide bonds. The van der Waals surface area contributed by atoms with Crippen LogP contribution in [-0.4, -0.2) is 35.0 Å². The topological polar surface area (TPSA) is 84.1 Å². The lowest BCUT2D eigenvalue weighted by molar-refractivity contribution is 0.102. The molecule has 2 aliphatic rings. The predicted molar refractivity (Wildman–Crippen MR) is 112 cm³/mol. The Morgan fingerprint density at radius 1 is 1.11 bits per heavy atom. The molecule has 6 nitrogen and oxygen atoms in total. The summed E-state index contributed by atoms with van der Waals surface area (Å²) in [6, 6.07) is 7.89. The number of carbonyl (C=O) groups excluding carboxylic acids is 1.